The van der Waals surface area contributed by atoms with Crippen molar-refractivity contribution >= 4 is 17.5 Å². The van der Waals surface area contributed by atoms with Crippen LogP contribution in [0.25, 0.3) is 17.1 Å². The zero-order valence-corrected chi connectivity index (χ0v) is 22.4. The highest BCUT2D eigenvalue weighted by Crippen LogP contribution is 2.24. The molecule has 0 aliphatic rings. The first kappa shape index (κ1) is 28.7. The van der Waals surface area contributed by atoms with Crippen LogP contribution in [0.15, 0.2) is 84.0 Å². The third kappa shape index (κ3) is 6.39. The molecule has 0 fully saturated rings. The molecule has 5 aromatic rings. The van der Waals surface area contributed by atoms with E-state index in [4.69, 9.17) is 11.6 Å². The summed E-state index contributed by atoms with van der Waals surface area (Å²) < 4.78 is 42.4. The summed E-state index contributed by atoms with van der Waals surface area (Å²) in [4.78, 5) is 34.5. The van der Waals surface area contributed by atoms with Crippen molar-refractivity contribution < 1.29 is 23.1 Å². The Morgan fingerprint density at radius 3 is 2.45 bits per heavy atom. The Morgan fingerprint density at radius 1 is 1.00 bits per heavy atom. The summed E-state index contributed by atoms with van der Waals surface area (Å²) in [5, 5.41) is 21.4. The minimum absolute atomic E-state index is 0.101. The van der Waals surface area contributed by atoms with Gasteiger partial charge in [0.15, 0.2) is 17.8 Å². The van der Waals surface area contributed by atoms with Crippen LogP contribution >= 0.6 is 11.6 Å². The largest absolute Gasteiger partial charge is 0.416 e. The Balaban J connectivity index is 1.41. The van der Waals surface area contributed by atoms with Gasteiger partial charge in [-0.1, -0.05) is 29.8 Å². The monoisotopic (exact) mass is 598 g/mol. The van der Waals surface area contributed by atoms with Crippen LogP contribution < -0.4 is 11.0 Å². The highest BCUT2D eigenvalue weighted by atomic mass is 35.5. The number of aromatic nitrogens is 7. The van der Waals surface area contributed by atoms with Crippen molar-refractivity contribution in [2.24, 2.45) is 0 Å². The number of halogens is 4. The molecule has 11 nitrogen and oxygen atoms in total. The SMILES string of the molecule is O=C(NCc1ccccn1)c1ccccc1-n1cnc(Cn2nc(-c3ccc(Cl)cc3)n(C[C@H](O)C(F)(F)F)c2=O)n1. The highest BCUT2D eigenvalue weighted by Gasteiger charge is 2.39. The second-order valence-corrected chi connectivity index (χ2v) is 9.50. The molecular weight excluding hydrogens is 577 g/mol. The fourth-order valence-corrected chi connectivity index (χ4v) is 4.18. The second kappa shape index (κ2) is 12.0. The molecule has 15 heteroatoms. The van der Waals surface area contributed by atoms with Crippen molar-refractivity contribution in [2.75, 3.05) is 0 Å². The fraction of sp³-hybridized carbons (Fsp3) is 0.185. The number of aliphatic hydroxyl groups is 1. The summed E-state index contributed by atoms with van der Waals surface area (Å²) in [6, 6.07) is 18.0. The van der Waals surface area contributed by atoms with Gasteiger partial charge in [-0.3, -0.25) is 14.3 Å². The maximum Gasteiger partial charge on any atom is 0.416 e. The molecule has 216 valence electrons. The van der Waals surface area contributed by atoms with E-state index in [-0.39, 0.29) is 30.6 Å². The molecule has 0 unspecified atom stereocenters. The number of carbonyl (C=O) groups excluding carboxylic acids is 1. The van der Waals surface area contributed by atoms with Crippen LogP contribution in [0.5, 0.6) is 0 Å². The van der Waals surface area contributed by atoms with Gasteiger partial charge in [0, 0.05) is 16.8 Å². The minimum atomic E-state index is -4.95. The van der Waals surface area contributed by atoms with Gasteiger partial charge in [0.2, 0.25) is 0 Å². The lowest BCUT2D eigenvalue weighted by Gasteiger charge is -2.15. The van der Waals surface area contributed by atoms with Crippen LogP contribution in [0.1, 0.15) is 21.9 Å². The van der Waals surface area contributed by atoms with Crippen LogP contribution in [-0.4, -0.2) is 57.4 Å². The molecule has 2 aromatic carbocycles. The number of pyridine rings is 1. The maximum absolute atomic E-state index is 13.1. The molecule has 0 saturated carbocycles. The van der Waals surface area contributed by atoms with Gasteiger partial charge >= 0.3 is 11.9 Å². The zero-order chi connectivity index (χ0) is 29.9. The van der Waals surface area contributed by atoms with Crippen molar-refractivity contribution in [2.45, 2.75) is 31.9 Å². The van der Waals surface area contributed by atoms with Crippen LogP contribution in [-0.2, 0) is 19.6 Å². The number of amides is 1. The number of nitrogens with zero attached hydrogens (tertiary/aromatic N) is 7. The molecule has 2 N–H and O–H groups in total. The number of hydrogen-bond acceptors (Lipinski definition) is 7. The Hall–Kier alpha value is -4.82. The molecule has 0 bridgehead atoms. The third-order valence-electron chi connectivity index (χ3n) is 6.14. The maximum atomic E-state index is 13.1. The Kier molecular flexibility index (Phi) is 8.17. The molecule has 1 amide bonds. The van der Waals surface area contributed by atoms with Gasteiger partial charge in [-0.15, -0.1) is 10.2 Å². The fourth-order valence-electron chi connectivity index (χ4n) is 4.05. The Morgan fingerprint density at radius 2 is 1.74 bits per heavy atom. The summed E-state index contributed by atoms with van der Waals surface area (Å²) >= 11 is 5.93. The predicted molar refractivity (Wildman–Crippen MR) is 145 cm³/mol. The Labute approximate surface area is 240 Å². The van der Waals surface area contributed by atoms with E-state index >= 15 is 0 Å². The molecule has 0 aliphatic carbocycles. The van der Waals surface area contributed by atoms with E-state index in [2.05, 4.69) is 25.5 Å². The van der Waals surface area contributed by atoms with Gasteiger partial charge in [-0.2, -0.15) is 13.2 Å². The summed E-state index contributed by atoms with van der Waals surface area (Å²) in [6.45, 7) is -1.15. The van der Waals surface area contributed by atoms with E-state index in [0.29, 0.717) is 27.5 Å². The first-order valence-electron chi connectivity index (χ1n) is 12.5. The number of hydrogen-bond donors (Lipinski definition) is 2. The van der Waals surface area contributed by atoms with E-state index in [9.17, 15) is 27.9 Å². The van der Waals surface area contributed by atoms with Crippen LogP contribution in [0, 0.1) is 0 Å². The number of para-hydroxylation sites is 1. The first-order chi connectivity index (χ1) is 20.1. The first-order valence-corrected chi connectivity index (χ1v) is 12.8. The lowest BCUT2D eigenvalue weighted by atomic mass is 10.1. The average molecular weight is 599 g/mol. The normalized spacial score (nSPS) is 12.3. The average Bonchev–Trinajstić information content (AvgIpc) is 3.57. The molecule has 3 heterocycles. The van der Waals surface area contributed by atoms with Gasteiger partial charge in [0.25, 0.3) is 5.91 Å². The molecule has 5 rings (SSSR count). The van der Waals surface area contributed by atoms with Gasteiger partial charge in [-0.25, -0.2) is 19.1 Å². The lowest BCUT2D eigenvalue weighted by Crippen LogP contribution is -2.37. The second-order valence-electron chi connectivity index (χ2n) is 9.07. The molecule has 0 spiro atoms. The van der Waals surface area contributed by atoms with Crippen molar-refractivity contribution in [1.29, 1.82) is 0 Å². The molecule has 3 aromatic heterocycles. The third-order valence-corrected chi connectivity index (χ3v) is 6.39. The molecular formula is C27H22ClF3N8O3. The van der Waals surface area contributed by atoms with Gasteiger partial charge < -0.3 is 10.4 Å². The number of alkyl halides is 3. The van der Waals surface area contributed by atoms with Crippen molar-refractivity contribution in [3.63, 3.8) is 0 Å². The number of carbonyl (C=O) groups is 1. The van der Waals surface area contributed by atoms with E-state index < -0.39 is 24.5 Å². The molecule has 0 aliphatic heterocycles. The van der Waals surface area contributed by atoms with Crippen molar-refractivity contribution in [1.82, 2.24) is 39.4 Å². The predicted octanol–water partition coefficient (Wildman–Crippen LogP) is 3.24. The lowest BCUT2D eigenvalue weighted by molar-refractivity contribution is -0.207. The Bertz CT molecular complexity index is 1750. The summed E-state index contributed by atoms with van der Waals surface area (Å²) in [5.74, 6) is -0.377. The summed E-state index contributed by atoms with van der Waals surface area (Å²) in [6.07, 6.45) is -4.78. The van der Waals surface area contributed by atoms with Crippen LogP contribution in [0.2, 0.25) is 5.02 Å². The quantitative estimate of drug-likeness (QED) is 0.266. The number of benzene rings is 2. The molecule has 0 saturated heterocycles. The summed E-state index contributed by atoms with van der Waals surface area (Å²) in [7, 11) is 0. The zero-order valence-electron chi connectivity index (χ0n) is 21.6. The van der Waals surface area contributed by atoms with E-state index in [1.165, 1.54) is 35.3 Å². The van der Waals surface area contributed by atoms with Crippen LogP contribution in [0.3, 0.4) is 0 Å². The van der Waals surface area contributed by atoms with Crippen molar-refractivity contribution in [3.05, 3.63) is 112 Å². The number of rotatable bonds is 9. The standard InChI is InChI=1S/C27H22ClF3N8O3/c28-18-10-8-17(9-11-18)24-36-38(26(42)37(24)14-22(40)27(29,30)31)15-23-34-16-39(35-23)21-7-2-1-6-20(21)25(41)33-13-19-5-3-4-12-32-19/h1-12,16,22,40H,13-15H2,(H,33,41)/t22-/m0/s1. The number of aliphatic hydroxyl groups excluding tert-OH is 1. The minimum Gasteiger partial charge on any atom is -0.382 e. The van der Waals surface area contributed by atoms with Crippen molar-refractivity contribution in [3.8, 4) is 17.1 Å². The highest BCUT2D eigenvalue weighted by molar-refractivity contribution is 6.30. The topological polar surface area (TPSA) is 133 Å². The van der Waals surface area contributed by atoms with E-state index in [1.54, 1.807) is 42.6 Å². The molecule has 1 atom stereocenters. The van der Waals surface area contributed by atoms with Gasteiger partial charge in [-0.05, 0) is 48.5 Å². The van der Waals surface area contributed by atoms with E-state index in [0.717, 1.165) is 9.25 Å². The van der Waals surface area contributed by atoms with Crippen LogP contribution in [0.4, 0.5) is 13.2 Å². The summed E-state index contributed by atoms with van der Waals surface area (Å²) in [5.41, 5.74) is 0.792. The number of nitrogens with one attached hydrogen (secondary N) is 1. The van der Waals surface area contributed by atoms with Gasteiger partial charge in [0.05, 0.1) is 30.0 Å². The van der Waals surface area contributed by atoms with Gasteiger partial charge in [0.1, 0.15) is 12.9 Å². The molecule has 42 heavy (non-hydrogen) atoms. The molecule has 0 radical (unpaired) electrons. The smallest absolute Gasteiger partial charge is 0.382 e. The van der Waals surface area contributed by atoms with E-state index in [1.807, 2.05) is 6.07 Å².